The molecule has 16 heavy (non-hydrogen) atoms. The molecule has 1 fully saturated rings. The van der Waals surface area contributed by atoms with Crippen molar-refractivity contribution in [1.82, 2.24) is 5.32 Å². The Labute approximate surface area is 96.4 Å². The third-order valence-corrected chi connectivity index (χ3v) is 2.77. The number of rotatable bonds is 4. The average molecular weight is 225 g/mol. The monoisotopic (exact) mass is 225 g/mol. The summed E-state index contributed by atoms with van der Waals surface area (Å²) in [4.78, 5) is 11.5. The van der Waals surface area contributed by atoms with Gasteiger partial charge in [0.15, 0.2) is 0 Å². The number of ether oxygens (including phenoxy) is 1. The minimum absolute atomic E-state index is 0.0787. The van der Waals surface area contributed by atoms with E-state index in [1.807, 2.05) is 0 Å². The summed E-state index contributed by atoms with van der Waals surface area (Å²) < 4.78 is 5.61. The first kappa shape index (κ1) is 13.0. The van der Waals surface area contributed by atoms with Crippen LogP contribution >= 0.6 is 0 Å². The van der Waals surface area contributed by atoms with E-state index in [9.17, 15) is 9.90 Å². The molecule has 0 spiro atoms. The lowest BCUT2D eigenvalue weighted by Crippen LogP contribution is -2.38. The highest BCUT2D eigenvalue weighted by Gasteiger charge is 2.23. The van der Waals surface area contributed by atoms with E-state index in [0.717, 1.165) is 25.7 Å². The fourth-order valence-corrected chi connectivity index (χ4v) is 1.81. The molecule has 0 aromatic heterocycles. The highest BCUT2D eigenvalue weighted by Crippen LogP contribution is 2.21. The molecule has 4 heteroatoms. The van der Waals surface area contributed by atoms with Gasteiger partial charge in [0, 0.05) is 0 Å². The second-order valence-corrected chi connectivity index (χ2v) is 4.13. The third-order valence-electron chi connectivity index (χ3n) is 2.77. The summed E-state index contributed by atoms with van der Waals surface area (Å²) in [5.74, 6) is 2.17. The van der Waals surface area contributed by atoms with Crippen molar-refractivity contribution in [2.75, 3.05) is 6.54 Å². The Morgan fingerprint density at radius 2 is 2.19 bits per heavy atom. The smallest absolute Gasteiger partial charge is 0.249 e. The molecule has 0 radical (unpaired) electrons. The van der Waals surface area contributed by atoms with Crippen LogP contribution in [0.2, 0.25) is 0 Å². The minimum atomic E-state index is -0.478. The maximum absolute atomic E-state index is 11.5. The van der Waals surface area contributed by atoms with Crippen LogP contribution in [0.15, 0.2) is 0 Å². The van der Waals surface area contributed by atoms with Crippen LogP contribution in [-0.4, -0.2) is 35.9 Å². The van der Waals surface area contributed by atoms with Gasteiger partial charge >= 0.3 is 0 Å². The zero-order valence-electron chi connectivity index (χ0n) is 9.61. The van der Waals surface area contributed by atoms with Crippen molar-refractivity contribution in [3.8, 4) is 12.3 Å². The second-order valence-electron chi connectivity index (χ2n) is 4.13. The molecule has 1 amide bonds. The Balaban J connectivity index is 2.25. The van der Waals surface area contributed by atoms with Gasteiger partial charge in [0.1, 0.15) is 6.10 Å². The van der Waals surface area contributed by atoms with Crippen molar-refractivity contribution in [2.24, 2.45) is 0 Å². The molecule has 90 valence electrons. The first-order chi connectivity index (χ1) is 7.63. The Morgan fingerprint density at radius 3 is 2.75 bits per heavy atom. The van der Waals surface area contributed by atoms with E-state index in [1.54, 1.807) is 6.92 Å². The van der Waals surface area contributed by atoms with Crippen LogP contribution in [0.4, 0.5) is 0 Å². The number of aliphatic hydroxyl groups is 1. The van der Waals surface area contributed by atoms with Gasteiger partial charge in [0.05, 0.1) is 18.8 Å². The van der Waals surface area contributed by atoms with Crippen LogP contribution in [0.25, 0.3) is 0 Å². The first-order valence-electron chi connectivity index (χ1n) is 5.68. The number of aliphatic hydroxyl groups excluding tert-OH is 1. The molecule has 1 atom stereocenters. The van der Waals surface area contributed by atoms with E-state index in [0.29, 0.717) is 0 Å². The van der Waals surface area contributed by atoms with E-state index in [4.69, 9.17) is 11.2 Å². The van der Waals surface area contributed by atoms with Gasteiger partial charge < -0.3 is 15.2 Å². The van der Waals surface area contributed by atoms with Crippen molar-refractivity contribution in [3.05, 3.63) is 0 Å². The van der Waals surface area contributed by atoms with Crippen molar-refractivity contribution < 1.29 is 14.6 Å². The fourth-order valence-electron chi connectivity index (χ4n) is 1.81. The summed E-state index contributed by atoms with van der Waals surface area (Å²) in [5, 5.41) is 11.9. The number of carbonyl (C=O) groups excluding carboxylic acids is 1. The lowest BCUT2D eigenvalue weighted by Gasteiger charge is -2.27. The predicted octanol–water partition coefficient (Wildman–Crippen LogP) is 0.444. The number of amides is 1. The van der Waals surface area contributed by atoms with Gasteiger partial charge in [-0.3, -0.25) is 4.79 Å². The summed E-state index contributed by atoms with van der Waals surface area (Å²) in [7, 11) is 0. The Morgan fingerprint density at radius 1 is 1.56 bits per heavy atom. The fraction of sp³-hybridized carbons (Fsp3) is 0.750. The van der Waals surface area contributed by atoms with Crippen LogP contribution in [0, 0.1) is 12.3 Å². The van der Waals surface area contributed by atoms with E-state index in [1.165, 1.54) is 0 Å². The molecular formula is C12H19NO3. The molecule has 2 N–H and O–H groups in total. The summed E-state index contributed by atoms with van der Waals surface area (Å²) >= 11 is 0. The van der Waals surface area contributed by atoms with Crippen molar-refractivity contribution >= 4 is 5.91 Å². The third kappa shape index (κ3) is 4.21. The van der Waals surface area contributed by atoms with Gasteiger partial charge in [-0.25, -0.2) is 0 Å². The number of hydrogen-bond donors (Lipinski definition) is 2. The van der Waals surface area contributed by atoms with Crippen LogP contribution in [0.5, 0.6) is 0 Å². The zero-order valence-corrected chi connectivity index (χ0v) is 9.61. The number of hydrogen-bond acceptors (Lipinski definition) is 3. The van der Waals surface area contributed by atoms with Gasteiger partial charge in [-0.15, -0.1) is 6.42 Å². The maximum Gasteiger partial charge on any atom is 0.249 e. The molecule has 1 saturated carbocycles. The number of terminal acetylenes is 1. The standard InChI is InChI=1S/C12H19NO3/c1-3-8-13-12(15)9(2)16-11-6-4-10(14)5-7-11/h1,9-11,14H,4-8H2,2H3,(H,13,15). The normalized spacial score (nSPS) is 26.8. The van der Waals surface area contributed by atoms with Gasteiger partial charge in [-0.1, -0.05) is 5.92 Å². The molecule has 4 nitrogen and oxygen atoms in total. The van der Waals surface area contributed by atoms with Crippen LogP contribution in [-0.2, 0) is 9.53 Å². The summed E-state index contributed by atoms with van der Waals surface area (Å²) in [6, 6.07) is 0. The predicted molar refractivity (Wildman–Crippen MR) is 60.7 cm³/mol. The zero-order chi connectivity index (χ0) is 12.0. The molecule has 0 aromatic rings. The van der Waals surface area contributed by atoms with E-state index in [2.05, 4.69) is 11.2 Å². The van der Waals surface area contributed by atoms with Crippen molar-refractivity contribution in [3.63, 3.8) is 0 Å². The molecule has 1 aliphatic rings. The average Bonchev–Trinajstić information content (AvgIpc) is 2.29. The van der Waals surface area contributed by atoms with Crippen LogP contribution in [0.1, 0.15) is 32.6 Å². The molecule has 0 saturated heterocycles. The van der Waals surface area contributed by atoms with Crippen LogP contribution in [0.3, 0.4) is 0 Å². The minimum Gasteiger partial charge on any atom is -0.393 e. The SMILES string of the molecule is C#CCNC(=O)C(C)OC1CCC(O)CC1. The van der Waals surface area contributed by atoms with Crippen molar-refractivity contribution in [1.29, 1.82) is 0 Å². The quantitative estimate of drug-likeness (QED) is 0.683. The molecule has 0 aromatic carbocycles. The van der Waals surface area contributed by atoms with Gasteiger partial charge in [-0.05, 0) is 32.6 Å². The number of nitrogens with one attached hydrogen (secondary N) is 1. The Hall–Kier alpha value is -1.05. The lowest BCUT2D eigenvalue weighted by molar-refractivity contribution is -0.137. The van der Waals surface area contributed by atoms with E-state index < -0.39 is 6.10 Å². The largest absolute Gasteiger partial charge is 0.393 e. The summed E-state index contributed by atoms with van der Waals surface area (Å²) in [6.07, 6.45) is 7.57. The maximum atomic E-state index is 11.5. The van der Waals surface area contributed by atoms with Crippen LogP contribution < -0.4 is 5.32 Å². The van der Waals surface area contributed by atoms with E-state index in [-0.39, 0.29) is 24.7 Å². The molecule has 1 unspecified atom stereocenters. The molecule has 0 heterocycles. The highest BCUT2D eigenvalue weighted by atomic mass is 16.5. The molecular weight excluding hydrogens is 206 g/mol. The Kier molecular flexibility index (Phi) is 5.30. The molecule has 0 aliphatic heterocycles. The summed E-state index contributed by atoms with van der Waals surface area (Å²) in [5.41, 5.74) is 0. The second kappa shape index (κ2) is 6.51. The van der Waals surface area contributed by atoms with E-state index >= 15 is 0 Å². The van der Waals surface area contributed by atoms with Gasteiger partial charge in [-0.2, -0.15) is 0 Å². The molecule has 0 bridgehead atoms. The first-order valence-corrected chi connectivity index (χ1v) is 5.68. The Bertz CT molecular complexity index is 264. The number of carbonyl (C=O) groups is 1. The topological polar surface area (TPSA) is 58.6 Å². The summed E-state index contributed by atoms with van der Waals surface area (Å²) in [6.45, 7) is 1.95. The highest BCUT2D eigenvalue weighted by molar-refractivity contribution is 5.80. The van der Waals surface area contributed by atoms with Gasteiger partial charge in [0.2, 0.25) is 5.91 Å². The lowest BCUT2D eigenvalue weighted by atomic mass is 9.95. The van der Waals surface area contributed by atoms with Gasteiger partial charge in [0.25, 0.3) is 0 Å². The molecule has 1 rings (SSSR count). The molecule has 1 aliphatic carbocycles. The van der Waals surface area contributed by atoms with Crippen molar-refractivity contribution in [2.45, 2.75) is 50.9 Å².